The Morgan fingerprint density at radius 2 is 2.06 bits per heavy atom. The molecule has 92 valence electrons. The molecule has 0 aliphatic heterocycles. The van der Waals surface area contributed by atoms with Crippen molar-refractivity contribution in [2.45, 2.75) is 32.0 Å². The number of aromatic nitrogens is 2. The van der Waals surface area contributed by atoms with Gasteiger partial charge < -0.3 is 11.1 Å². The summed E-state index contributed by atoms with van der Waals surface area (Å²) in [5.41, 5.74) is 5.07. The monoisotopic (exact) mass is 254 g/mol. The fourth-order valence-electron chi connectivity index (χ4n) is 0.931. The second kappa shape index (κ2) is 4.54. The predicted molar refractivity (Wildman–Crippen MR) is 56.3 cm³/mol. The van der Waals surface area contributed by atoms with Crippen molar-refractivity contribution in [2.75, 3.05) is 11.9 Å². The number of alkyl halides is 3. The van der Waals surface area contributed by atoms with E-state index in [1.165, 1.54) is 0 Å². The van der Waals surface area contributed by atoms with E-state index < -0.39 is 17.5 Å². The zero-order chi connectivity index (χ0) is 12.4. The molecule has 1 rings (SSSR count). The Kier molecular flexibility index (Phi) is 3.74. The van der Waals surface area contributed by atoms with Crippen molar-refractivity contribution in [3.05, 3.63) is 5.82 Å². The molecule has 0 bridgehead atoms. The van der Waals surface area contributed by atoms with Gasteiger partial charge in [0.2, 0.25) is 11.0 Å². The average Bonchev–Trinajstić information content (AvgIpc) is 2.65. The minimum Gasteiger partial charge on any atom is -0.354 e. The van der Waals surface area contributed by atoms with E-state index in [0.29, 0.717) is 24.5 Å². The molecule has 3 N–H and O–H groups in total. The molecule has 0 saturated heterocycles. The molecular weight excluding hydrogens is 241 g/mol. The molecule has 1 aromatic rings. The first-order valence-electron chi connectivity index (χ1n) is 4.70. The summed E-state index contributed by atoms with van der Waals surface area (Å²) in [5.74, 6) is -1.12. The molecule has 8 heteroatoms. The summed E-state index contributed by atoms with van der Waals surface area (Å²) >= 11 is 0.686. The van der Waals surface area contributed by atoms with E-state index in [-0.39, 0.29) is 5.13 Å². The van der Waals surface area contributed by atoms with Gasteiger partial charge >= 0.3 is 6.18 Å². The molecule has 4 nitrogen and oxygen atoms in total. The van der Waals surface area contributed by atoms with Crippen molar-refractivity contribution in [1.82, 2.24) is 9.36 Å². The summed E-state index contributed by atoms with van der Waals surface area (Å²) in [7, 11) is 0. The Morgan fingerprint density at radius 3 is 2.44 bits per heavy atom. The van der Waals surface area contributed by atoms with Crippen LogP contribution in [0, 0.1) is 0 Å². The van der Waals surface area contributed by atoms with Gasteiger partial charge in [0, 0.05) is 23.6 Å². The van der Waals surface area contributed by atoms with Crippen LogP contribution in [0.3, 0.4) is 0 Å². The maximum atomic E-state index is 12.2. The topological polar surface area (TPSA) is 63.8 Å². The lowest BCUT2D eigenvalue weighted by Gasteiger charge is -2.27. The predicted octanol–water partition coefficient (Wildman–Crippen LogP) is 2.10. The van der Waals surface area contributed by atoms with Crippen LogP contribution >= 0.6 is 11.5 Å². The van der Waals surface area contributed by atoms with Crippen molar-refractivity contribution in [3.8, 4) is 0 Å². The summed E-state index contributed by atoms with van der Waals surface area (Å²) in [6.45, 7) is 4.03. The van der Waals surface area contributed by atoms with Gasteiger partial charge in [-0.3, -0.25) is 0 Å². The molecule has 0 saturated carbocycles. The van der Waals surface area contributed by atoms with Gasteiger partial charge in [0.05, 0.1) is 0 Å². The standard InChI is InChI=1S/C8H13F3N4S/c1-3-7(2,4-12)14-6-13-5(15-16-6)8(9,10)11/h3-4,12H2,1-2H3,(H,13,14,15). The number of nitrogens with one attached hydrogen (secondary N) is 1. The van der Waals surface area contributed by atoms with Gasteiger partial charge in [-0.05, 0) is 13.3 Å². The quantitative estimate of drug-likeness (QED) is 0.863. The van der Waals surface area contributed by atoms with E-state index >= 15 is 0 Å². The van der Waals surface area contributed by atoms with Crippen LogP contribution in [0.15, 0.2) is 0 Å². The average molecular weight is 254 g/mol. The van der Waals surface area contributed by atoms with Crippen molar-refractivity contribution in [1.29, 1.82) is 0 Å². The molecular formula is C8H13F3N4S. The molecule has 1 atom stereocenters. The molecule has 0 aliphatic rings. The Hall–Kier alpha value is -0.890. The minimum absolute atomic E-state index is 0.141. The Labute approximate surface area is 95.2 Å². The van der Waals surface area contributed by atoms with Gasteiger partial charge in [0.15, 0.2) is 0 Å². The van der Waals surface area contributed by atoms with Crippen LogP contribution in [0.25, 0.3) is 0 Å². The lowest BCUT2D eigenvalue weighted by Crippen LogP contribution is -2.41. The van der Waals surface area contributed by atoms with Crippen LogP contribution in [0.1, 0.15) is 26.1 Å². The smallest absolute Gasteiger partial charge is 0.354 e. The highest BCUT2D eigenvalue weighted by Gasteiger charge is 2.36. The SMILES string of the molecule is CCC(C)(CN)Nc1nc(C(F)(F)F)ns1. The van der Waals surface area contributed by atoms with Crippen LogP contribution in [-0.2, 0) is 6.18 Å². The number of nitrogens with two attached hydrogens (primary N) is 1. The fourth-order valence-corrected chi connectivity index (χ4v) is 1.67. The number of halogens is 3. The summed E-state index contributed by atoms with van der Waals surface area (Å²) in [6, 6.07) is 0. The zero-order valence-corrected chi connectivity index (χ0v) is 9.74. The van der Waals surface area contributed by atoms with E-state index in [1.54, 1.807) is 0 Å². The van der Waals surface area contributed by atoms with Gasteiger partial charge in [-0.1, -0.05) is 6.92 Å². The van der Waals surface area contributed by atoms with Gasteiger partial charge in [0.25, 0.3) is 0 Å². The van der Waals surface area contributed by atoms with Gasteiger partial charge in [-0.15, -0.1) is 0 Å². The molecule has 0 amide bonds. The highest BCUT2D eigenvalue weighted by Crippen LogP contribution is 2.30. The van der Waals surface area contributed by atoms with Gasteiger partial charge in [-0.25, -0.2) is 0 Å². The summed E-state index contributed by atoms with van der Waals surface area (Å²) in [5, 5.41) is 3.01. The normalized spacial score (nSPS) is 15.9. The molecule has 0 aliphatic carbocycles. The molecule has 0 fully saturated rings. The molecule has 1 aromatic heterocycles. The van der Waals surface area contributed by atoms with E-state index in [4.69, 9.17) is 5.73 Å². The number of hydrogen-bond donors (Lipinski definition) is 2. The van der Waals surface area contributed by atoms with Gasteiger partial charge in [-0.2, -0.15) is 22.5 Å². The third kappa shape index (κ3) is 3.05. The molecule has 0 spiro atoms. The maximum Gasteiger partial charge on any atom is 0.452 e. The van der Waals surface area contributed by atoms with Crippen LogP contribution in [-0.4, -0.2) is 21.4 Å². The van der Waals surface area contributed by atoms with Crippen molar-refractivity contribution in [3.63, 3.8) is 0 Å². The minimum atomic E-state index is -4.50. The molecule has 1 unspecified atom stereocenters. The van der Waals surface area contributed by atoms with Crippen LogP contribution < -0.4 is 11.1 Å². The van der Waals surface area contributed by atoms with E-state index in [0.717, 1.165) is 0 Å². The van der Waals surface area contributed by atoms with Crippen LogP contribution in [0.5, 0.6) is 0 Å². The van der Waals surface area contributed by atoms with E-state index in [1.807, 2.05) is 13.8 Å². The Morgan fingerprint density at radius 1 is 1.44 bits per heavy atom. The summed E-state index contributed by atoms with van der Waals surface area (Å²) < 4.78 is 39.9. The number of anilines is 1. The molecule has 0 aromatic carbocycles. The van der Waals surface area contributed by atoms with E-state index in [9.17, 15) is 13.2 Å². The molecule has 0 radical (unpaired) electrons. The van der Waals surface area contributed by atoms with Gasteiger partial charge in [0.1, 0.15) is 0 Å². The summed E-state index contributed by atoms with van der Waals surface area (Å²) in [6.07, 6.45) is -3.81. The largest absolute Gasteiger partial charge is 0.452 e. The number of nitrogens with zero attached hydrogens (tertiary/aromatic N) is 2. The number of hydrogen-bond acceptors (Lipinski definition) is 5. The molecule has 1 heterocycles. The second-order valence-corrected chi connectivity index (χ2v) is 4.42. The third-order valence-electron chi connectivity index (χ3n) is 2.32. The molecule has 16 heavy (non-hydrogen) atoms. The van der Waals surface area contributed by atoms with Crippen molar-refractivity contribution < 1.29 is 13.2 Å². The highest BCUT2D eigenvalue weighted by atomic mass is 32.1. The van der Waals surface area contributed by atoms with Crippen molar-refractivity contribution in [2.24, 2.45) is 5.73 Å². The maximum absolute atomic E-state index is 12.2. The second-order valence-electron chi connectivity index (χ2n) is 3.66. The fraction of sp³-hybridized carbons (Fsp3) is 0.750. The number of rotatable bonds is 4. The Balaban J connectivity index is 2.80. The highest BCUT2D eigenvalue weighted by molar-refractivity contribution is 7.09. The van der Waals surface area contributed by atoms with Crippen LogP contribution in [0.4, 0.5) is 18.3 Å². The Bertz CT molecular complexity index is 345. The van der Waals surface area contributed by atoms with E-state index in [2.05, 4.69) is 14.7 Å². The van der Waals surface area contributed by atoms with Crippen LogP contribution in [0.2, 0.25) is 0 Å². The summed E-state index contributed by atoms with van der Waals surface area (Å²) in [4.78, 5) is 3.38. The zero-order valence-electron chi connectivity index (χ0n) is 8.93. The first-order chi connectivity index (χ1) is 7.30. The first kappa shape index (κ1) is 13.2. The third-order valence-corrected chi connectivity index (χ3v) is 2.95. The van der Waals surface area contributed by atoms with Crippen molar-refractivity contribution >= 4 is 16.7 Å². The lowest BCUT2D eigenvalue weighted by molar-refractivity contribution is -0.144. The first-order valence-corrected chi connectivity index (χ1v) is 5.47. The lowest BCUT2D eigenvalue weighted by atomic mass is 10.00.